The average molecular weight is 509 g/mol. The maximum atomic E-state index is 13.3. The lowest BCUT2D eigenvalue weighted by molar-refractivity contribution is -0.140. The van der Waals surface area contributed by atoms with E-state index in [-0.39, 0.29) is 12.3 Å². The molecule has 0 bridgehead atoms. The molecule has 1 amide bonds. The van der Waals surface area contributed by atoms with Crippen molar-refractivity contribution in [3.05, 3.63) is 89.8 Å². The van der Waals surface area contributed by atoms with E-state index in [0.29, 0.717) is 29.5 Å². The third-order valence-corrected chi connectivity index (χ3v) is 6.72. The van der Waals surface area contributed by atoms with Crippen molar-refractivity contribution >= 4 is 23.3 Å². The number of halogens is 2. The van der Waals surface area contributed by atoms with Gasteiger partial charge in [0, 0.05) is 42.8 Å². The van der Waals surface area contributed by atoms with Gasteiger partial charge in [0.05, 0.1) is 5.92 Å². The zero-order chi connectivity index (χ0) is 26.2. The van der Waals surface area contributed by atoms with Gasteiger partial charge in [-0.2, -0.15) is 0 Å². The van der Waals surface area contributed by atoms with Gasteiger partial charge in [0.25, 0.3) is 0 Å². The van der Waals surface area contributed by atoms with Crippen LogP contribution < -0.4 is 16.0 Å². The number of rotatable bonds is 7. The van der Waals surface area contributed by atoms with E-state index in [1.165, 1.54) is 12.1 Å². The van der Waals surface area contributed by atoms with Gasteiger partial charge < -0.3 is 21.1 Å². The number of benzene rings is 2. The summed E-state index contributed by atoms with van der Waals surface area (Å²) in [5.74, 6) is -1.97. The van der Waals surface area contributed by atoms with Crippen LogP contribution in [0.1, 0.15) is 29.9 Å². The Morgan fingerprint density at radius 2 is 1.73 bits per heavy atom. The van der Waals surface area contributed by atoms with Crippen LogP contribution in [0.5, 0.6) is 0 Å². The molecule has 0 aliphatic carbocycles. The number of aromatic nitrogens is 1. The molecule has 3 aromatic rings. The van der Waals surface area contributed by atoms with Crippen LogP contribution in [0.25, 0.3) is 0 Å². The van der Waals surface area contributed by atoms with Crippen LogP contribution in [0.15, 0.2) is 67.0 Å². The standard InChI is InChI=1S/C18H21F2N3.C10H9NO3/c19-16-8-13(9-17(20)10-16)7-15-12-22-11-14(15)1-6-23-18-2-4-21-5-3-18;12-9-5-7(10(13)14)6-3-1-2-4-8(6)11-9/h2-5,8-10,14-15,22H,1,6-7,11-12H2,(H,21,23);1-4,7H,5H2,(H,11,12)(H,13,14). The summed E-state index contributed by atoms with van der Waals surface area (Å²) in [5, 5.41) is 18.3. The Morgan fingerprint density at radius 3 is 2.46 bits per heavy atom. The van der Waals surface area contributed by atoms with Crippen molar-refractivity contribution in [1.29, 1.82) is 0 Å². The predicted octanol–water partition coefficient (Wildman–Crippen LogP) is 4.44. The summed E-state index contributed by atoms with van der Waals surface area (Å²) in [6.07, 6.45) is 5.28. The molecule has 4 N–H and O–H groups in total. The number of carboxylic acid groups (broad SMARTS) is 1. The molecule has 1 saturated heterocycles. The van der Waals surface area contributed by atoms with E-state index in [2.05, 4.69) is 20.9 Å². The molecular formula is C28H30F2N4O3. The van der Waals surface area contributed by atoms with Gasteiger partial charge in [0.2, 0.25) is 5.91 Å². The Kier molecular flexibility index (Phi) is 8.79. The van der Waals surface area contributed by atoms with Crippen LogP contribution in [-0.4, -0.2) is 41.6 Å². The first kappa shape index (κ1) is 26.2. The van der Waals surface area contributed by atoms with E-state index in [4.69, 9.17) is 5.11 Å². The summed E-state index contributed by atoms with van der Waals surface area (Å²) in [4.78, 5) is 26.0. The lowest BCUT2D eigenvalue weighted by atomic mass is 9.87. The van der Waals surface area contributed by atoms with Gasteiger partial charge in [0.15, 0.2) is 0 Å². The minimum Gasteiger partial charge on any atom is -0.481 e. The lowest BCUT2D eigenvalue weighted by Gasteiger charge is -2.22. The molecule has 2 aliphatic heterocycles. The van der Waals surface area contributed by atoms with Gasteiger partial charge in [-0.25, -0.2) is 8.78 Å². The molecule has 2 aliphatic rings. The van der Waals surface area contributed by atoms with E-state index >= 15 is 0 Å². The number of carboxylic acids is 1. The van der Waals surface area contributed by atoms with Crippen LogP contribution in [0, 0.1) is 23.5 Å². The normalized spacial score (nSPS) is 20.3. The molecule has 2 aromatic carbocycles. The number of hydrogen-bond acceptors (Lipinski definition) is 5. The molecule has 3 heterocycles. The van der Waals surface area contributed by atoms with Crippen molar-refractivity contribution in [1.82, 2.24) is 10.3 Å². The molecule has 1 fully saturated rings. The maximum Gasteiger partial charge on any atom is 0.311 e. The van der Waals surface area contributed by atoms with Crippen molar-refractivity contribution < 1.29 is 23.5 Å². The SMILES string of the molecule is Fc1cc(F)cc(CC2CNCC2CCNc2ccncc2)c1.O=C1CC(C(=O)O)c2ccccc2N1. The third-order valence-electron chi connectivity index (χ3n) is 6.72. The number of amides is 1. The summed E-state index contributed by atoms with van der Waals surface area (Å²) in [6, 6.07) is 14.7. The van der Waals surface area contributed by atoms with Gasteiger partial charge in [-0.1, -0.05) is 18.2 Å². The Bertz CT molecular complexity index is 1200. The molecule has 5 rings (SSSR count). The van der Waals surface area contributed by atoms with E-state index in [0.717, 1.165) is 43.4 Å². The van der Waals surface area contributed by atoms with Crippen molar-refractivity contribution in [3.8, 4) is 0 Å². The van der Waals surface area contributed by atoms with Gasteiger partial charge in [0.1, 0.15) is 11.6 Å². The van der Waals surface area contributed by atoms with Crippen LogP contribution in [0.4, 0.5) is 20.2 Å². The van der Waals surface area contributed by atoms with Crippen molar-refractivity contribution in [2.24, 2.45) is 11.8 Å². The van der Waals surface area contributed by atoms with Gasteiger partial charge in [-0.3, -0.25) is 14.6 Å². The van der Waals surface area contributed by atoms with E-state index in [1.54, 1.807) is 36.7 Å². The second-order valence-electron chi connectivity index (χ2n) is 9.34. The van der Waals surface area contributed by atoms with E-state index in [9.17, 15) is 18.4 Å². The fourth-order valence-corrected chi connectivity index (χ4v) is 4.90. The van der Waals surface area contributed by atoms with Crippen molar-refractivity contribution in [2.45, 2.75) is 25.2 Å². The molecule has 9 heteroatoms. The number of pyridine rings is 1. The third kappa shape index (κ3) is 7.33. The fourth-order valence-electron chi connectivity index (χ4n) is 4.90. The zero-order valence-electron chi connectivity index (χ0n) is 20.3. The first-order valence-corrected chi connectivity index (χ1v) is 12.3. The lowest BCUT2D eigenvalue weighted by Crippen LogP contribution is -2.27. The largest absolute Gasteiger partial charge is 0.481 e. The zero-order valence-corrected chi connectivity index (χ0v) is 20.3. The molecule has 37 heavy (non-hydrogen) atoms. The number of nitrogens with zero attached hydrogens (tertiary/aromatic N) is 1. The molecular weight excluding hydrogens is 478 g/mol. The quantitative estimate of drug-likeness (QED) is 0.376. The van der Waals surface area contributed by atoms with Gasteiger partial charge in [-0.15, -0.1) is 0 Å². The highest BCUT2D eigenvalue weighted by Crippen LogP contribution is 2.31. The summed E-state index contributed by atoms with van der Waals surface area (Å²) in [6.45, 7) is 2.74. The van der Waals surface area contributed by atoms with Gasteiger partial charge in [-0.05, 0) is 79.2 Å². The monoisotopic (exact) mass is 508 g/mol. The highest BCUT2D eigenvalue weighted by atomic mass is 19.1. The Balaban J connectivity index is 0.000000195. The molecule has 0 spiro atoms. The number of fused-ring (bicyclic) bond motifs is 1. The summed E-state index contributed by atoms with van der Waals surface area (Å²) >= 11 is 0. The fraction of sp³-hybridized carbons (Fsp3) is 0.321. The maximum absolute atomic E-state index is 13.3. The number of anilines is 2. The highest BCUT2D eigenvalue weighted by molar-refractivity contribution is 5.99. The van der Waals surface area contributed by atoms with E-state index < -0.39 is 23.5 Å². The van der Waals surface area contributed by atoms with E-state index in [1.807, 2.05) is 12.1 Å². The summed E-state index contributed by atoms with van der Waals surface area (Å²) in [5.41, 5.74) is 3.09. The van der Waals surface area contributed by atoms with Crippen molar-refractivity contribution in [2.75, 3.05) is 30.3 Å². The smallest absolute Gasteiger partial charge is 0.311 e. The van der Waals surface area contributed by atoms with Gasteiger partial charge >= 0.3 is 5.97 Å². The summed E-state index contributed by atoms with van der Waals surface area (Å²) < 4.78 is 26.6. The molecule has 1 aromatic heterocycles. The van der Waals surface area contributed by atoms with Crippen LogP contribution >= 0.6 is 0 Å². The molecule has 0 saturated carbocycles. The first-order chi connectivity index (χ1) is 17.9. The minimum absolute atomic E-state index is 0.0202. The molecule has 0 radical (unpaired) electrons. The van der Waals surface area contributed by atoms with Crippen LogP contribution in [0.3, 0.4) is 0 Å². The highest BCUT2D eigenvalue weighted by Gasteiger charge is 2.30. The van der Waals surface area contributed by atoms with Crippen molar-refractivity contribution in [3.63, 3.8) is 0 Å². The minimum atomic E-state index is -0.952. The second kappa shape index (κ2) is 12.4. The molecule has 7 nitrogen and oxygen atoms in total. The number of aliphatic carboxylic acids is 1. The summed E-state index contributed by atoms with van der Waals surface area (Å²) in [7, 11) is 0. The Labute approximate surface area is 214 Å². The number of nitrogens with one attached hydrogen (secondary N) is 3. The average Bonchev–Trinajstić information content (AvgIpc) is 3.30. The first-order valence-electron chi connectivity index (χ1n) is 12.3. The molecule has 3 atom stereocenters. The van der Waals surface area contributed by atoms with Crippen LogP contribution in [0.2, 0.25) is 0 Å². The topological polar surface area (TPSA) is 103 Å². The molecule has 194 valence electrons. The Morgan fingerprint density at radius 1 is 1.03 bits per heavy atom. The number of carbonyl (C=O) groups excluding carboxylic acids is 1. The second-order valence-corrected chi connectivity index (χ2v) is 9.34. The predicted molar refractivity (Wildman–Crippen MR) is 137 cm³/mol. The molecule has 3 unspecified atom stereocenters. The Hall–Kier alpha value is -3.85. The number of para-hydroxylation sites is 1. The number of carbonyl (C=O) groups is 2. The number of hydrogen-bond donors (Lipinski definition) is 4. The van der Waals surface area contributed by atoms with Crippen LogP contribution in [-0.2, 0) is 16.0 Å².